The Morgan fingerprint density at radius 2 is 2.00 bits per heavy atom. The first-order valence-electron chi connectivity index (χ1n) is 6.34. The Labute approximate surface area is 115 Å². The van der Waals surface area contributed by atoms with Crippen molar-refractivity contribution in [2.75, 3.05) is 7.11 Å². The van der Waals surface area contributed by atoms with Crippen molar-refractivity contribution in [2.45, 2.75) is 31.6 Å². The van der Waals surface area contributed by atoms with Gasteiger partial charge in [0, 0.05) is 11.5 Å². The van der Waals surface area contributed by atoms with E-state index in [0.29, 0.717) is 0 Å². The molecule has 0 spiro atoms. The van der Waals surface area contributed by atoms with E-state index in [9.17, 15) is 18.7 Å². The fourth-order valence-electron chi connectivity index (χ4n) is 2.44. The molecule has 1 aliphatic rings. The van der Waals surface area contributed by atoms with Gasteiger partial charge in [0.05, 0.1) is 19.1 Å². The number of phenolic OH excluding ortho intramolecular Hbond substituents is 1. The number of halogens is 2. The van der Waals surface area contributed by atoms with Gasteiger partial charge in [-0.05, 0) is 30.9 Å². The van der Waals surface area contributed by atoms with Gasteiger partial charge in [-0.25, -0.2) is 8.78 Å². The highest BCUT2D eigenvalue weighted by Gasteiger charge is 2.36. The summed E-state index contributed by atoms with van der Waals surface area (Å²) in [7, 11) is 1.34. The van der Waals surface area contributed by atoms with Crippen LogP contribution in [0.15, 0.2) is 12.1 Å². The smallest absolute Gasteiger partial charge is 0.303 e. The molecule has 0 aromatic heterocycles. The molecule has 0 aliphatic heterocycles. The first-order chi connectivity index (χ1) is 9.43. The van der Waals surface area contributed by atoms with Crippen molar-refractivity contribution in [3.63, 3.8) is 0 Å². The molecule has 1 aliphatic carbocycles. The Morgan fingerprint density at radius 1 is 1.40 bits per heavy atom. The fraction of sp³-hybridized carbons (Fsp3) is 0.500. The van der Waals surface area contributed by atoms with E-state index in [1.807, 2.05) is 0 Å². The highest BCUT2D eigenvalue weighted by Crippen LogP contribution is 2.49. The van der Waals surface area contributed by atoms with Gasteiger partial charge >= 0.3 is 5.97 Å². The van der Waals surface area contributed by atoms with Crippen LogP contribution in [0.5, 0.6) is 11.5 Å². The quantitative estimate of drug-likeness (QED) is 0.842. The molecular formula is C14H16F2O4. The van der Waals surface area contributed by atoms with E-state index in [4.69, 9.17) is 9.84 Å². The number of phenols is 1. The van der Waals surface area contributed by atoms with E-state index in [0.717, 1.165) is 18.9 Å². The summed E-state index contributed by atoms with van der Waals surface area (Å²) in [5, 5.41) is 19.0. The van der Waals surface area contributed by atoms with Crippen molar-refractivity contribution in [3.05, 3.63) is 23.3 Å². The Hall–Kier alpha value is -1.85. The second kappa shape index (κ2) is 5.64. The molecule has 0 amide bonds. The Bertz CT molecular complexity index is 512. The molecule has 20 heavy (non-hydrogen) atoms. The summed E-state index contributed by atoms with van der Waals surface area (Å²) in [4.78, 5) is 10.9. The van der Waals surface area contributed by atoms with Crippen molar-refractivity contribution >= 4 is 5.97 Å². The molecule has 1 unspecified atom stereocenters. The lowest BCUT2D eigenvalue weighted by atomic mass is 9.88. The van der Waals surface area contributed by atoms with Crippen LogP contribution in [0.25, 0.3) is 0 Å². The lowest BCUT2D eigenvalue weighted by Crippen LogP contribution is -2.09. The third-order valence-electron chi connectivity index (χ3n) is 3.60. The van der Waals surface area contributed by atoms with Gasteiger partial charge in [-0.1, -0.05) is 0 Å². The van der Waals surface area contributed by atoms with Gasteiger partial charge in [-0.2, -0.15) is 0 Å². The van der Waals surface area contributed by atoms with E-state index < -0.39 is 29.6 Å². The van der Waals surface area contributed by atoms with Gasteiger partial charge in [0.1, 0.15) is 11.5 Å². The molecule has 2 N–H and O–H groups in total. The molecule has 0 saturated heterocycles. The SMILES string of the molecule is COc1cc(C(F)F)c(O)c(C(CC(=O)O)C2CC2)c1. The Balaban J connectivity index is 2.46. The van der Waals surface area contributed by atoms with Crippen molar-refractivity contribution in [2.24, 2.45) is 5.92 Å². The van der Waals surface area contributed by atoms with Crippen molar-refractivity contribution in [1.29, 1.82) is 0 Å². The second-order valence-electron chi connectivity index (χ2n) is 5.00. The van der Waals surface area contributed by atoms with Crippen molar-refractivity contribution in [1.82, 2.24) is 0 Å². The van der Waals surface area contributed by atoms with Gasteiger partial charge in [-0.3, -0.25) is 4.79 Å². The average Bonchev–Trinajstić information content (AvgIpc) is 3.20. The number of rotatable bonds is 6. The zero-order valence-electron chi connectivity index (χ0n) is 11.0. The fourth-order valence-corrected chi connectivity index (χ4v) is 2.44. The van der Waals surface area contributed by atoms with Crippen LogP contribution in [0, 0.1) is 5.92 Å². The maximum atomic E-state index is 12.9. The van der Waals surface area contributed by atoms with Crippen LogP contribution in [0.3, 0.4) is 0 Å². The molecule has 110 valence electrons. The van der Waals surface area contributed by atoms with E-state index in [-0.39, 0.29) is 23.7 Å². The number of benzene rings is 1. The molecule has 1 aromatic carbocycles. The minimum absolute atomic E-state index is 0.120. The lowest BCUT2D eigenvalue weighted by Gasteiger charge is -2.19. The van der Waals surface area contributed by atoms with Gasteiger partial charge in [0.25, 0.3) is 6.43 Å². The molecule has 4 nitrogen and oxygen atoms in total. The summed E-state index contributed by atoms with van der Waals surface area (Å²) in [6.07, 6.45) is -1.33. The van der Waals surface area contributed by atoms with Crippen LogP contribution in [0.4, 0.5) is 8.78 Å². The number of alkyl halides is 2. The molecule has 1 atom stereocenters. The van der Waals surface area contributed by atoms with Gasteiger partial charge < -0.3 is 14.9 Å². The Kier molecular flexibility index (Phi) is 4.11. The number of aliphatic carboxylic acids is 1. The van der Waals surface area contributed by atoms with Crippen molar-refractivity contribution < 1.29 is 28.5 Å². The summed E-state index contributed by atoms with van der Waals surface area (Å²) >= 11 is 0. The van der Waals surface area contributed by atoms with Crippen molar-refractivity contribution in [3.8, 4) is 11.5 Å². The summed E-state index contributed by atoms with van der Waals surface area (Å²) in [5.74, 6) is -1.67. The molecule has 0 radical (unpaired) electrons. The van der Waals surface area contributed by atoms with Crippen LogP contribution >= 0.6 is 0 Å². The van der Waals surface area contributed by atoms with E-state index in [2.05, 4.69) is 0 Å². The third-order valence-corrected chi connectivity index (χ3v) is 3.60. The van der Waals surface area contributed by atoms with E-state index in [1.165, 1.54) is 13.2 Å². The molecule has 1 aromatic rings. The normalized spacial score (nSPS) is 16.2. The van der Waals surface area contributed by atoms with Crippen LogP contribution in [-0.2, 0) is 4.79 Å². The molecule has 0 bridgehead atoms. The standard InChI is InChI=1S/C14H16F2O4/c1-20-8-4-10(13(19)11(5-8)14(15)16)9(6-12(17)18)7-2-3-7/h4-5,7,9,14,19H,2-3,6H2,1H3,(H,17,18). The monoisotopic (exact) mass is 286 g/mol. The molecule has 1 fully saturated rings. The highest BCUT2D eigenvalue weighted by atomic mass is 19.3. The summed E-state index contributed by atoms with van der Waals surface area (Å²) in [6.45, 7) is 0. The predicted octanol–water partition coefficient (Wildman–Crippen LogP) is 3.31. The first kappa shape index (κ1) is 14.6. The number of hydrogen-bond donors (Lipinski definition) is 2. The zero-order chi connectivity index (χ0) is 14.9. The highest BCUT2D eigenvalue weighted by molar-refractivity contribution is 5.69. The number of carboxylic acids is 1. The van der Waals surface area contributed by atoms with Crippen LogP contribution in [0.2, 0.25) is 0 Å². The van der Waals surface area contributed by atoms with E-state index >= 15 is 0 Å². The molecule has 1 saturated carbocycles. The number of hydrogen-bond acceptors (Lipinski definition) is 3. The van der Waals surface area contributed by atoms with Gasteiger partial charge in [-0.15, -0.1) is 0 Å². The molecule has 2 rings (SSSR count). The number of carboxylic acid groups (broad SMARTS) is 1. The minimum atomic E-state index is -2.84. The van der Waals surface area contributed by atoms with Gasteiger partial charge in [0.15, 0.2) is 0 Å². The Morgan fingerprint density at radius 3 is 2.45 bits per heavy atom. The number of methoxy groups -OCH3 is 1. The summed E-state index contributed by atoms with van der Waals surface area (Å²) in [5.41, 5.74) is -0.278. The maximum Gasteiger partial charge on any atom is 0.303 e. The first-order valence-corrected chi connectivity index (χ1v) is 6.34. The lowest BCUT2D eigenvalue weighted by molar-refractivity contribution is -0.137. The predicted molar refractivity (Wildman–Crippen MR) is 67.3 cm³/mol. The number of aromatic hydroxyl groups is 1. The topological polar surface area (TPSA) is 66.8 Å². The average molecular weight is 286 g/mol. The minimum Gasteiger partial charge on any atom is -0.507 e. The second-order valence-corrected chi connectivity index (χ2v) is 5.00. The number of carbonyl (C=O) groups is 1. The molecular weight excluding hydrogens is 270 g/mol. The number of ether oxygens (including phenoxy) is 1. The zero-order valence-corrected chi connectivity index (χ0v) is 11.0. The van der Waals surface area contributed by atoms with Crippen LogP contribution in [-0.4, -0.2) is 23.3 Å². The van der Waals surface area contributed by atoms with E-state index in [1.54, 1.807) is 0 Å². The van der Waals surface area contributed by atoms with Gasteiger partial charge in [0.2, 0.25) is 0 Å². The van der Waals surface area contributed by atoms with Crippen LogP contribution in [0.1, 0.15) is 42.7 Å². The molecule has 0 heterocycles. The molecule has 6 heteroatoms. The summed E-state index contributed by atoms with van der Waals surface area (Å²) in [6, 6.07) is 2.53. The maximum absolute atomic E-state index is 12.9. The summed E-state index contributed by atoms with van der Waals surface area (Å²) < 4.78 is 30.8. The largest absolute Gasteiger partial charge is 0.507 e. The third kappa shape index (κ3) is 3.00. The van der Waals surface area contributed by atoms with Crippen LogP contribution < -0.4 is 4.74 Å².